The number of hydrogen-bond donors (Lipinski definition) is 0. The summed E-state index contributed by atoms with van der Waals surface area (Å²) < 4.78 is 10.6. The lowest BCUT2D eigenvalue weighted by Crippen LogP contribution is -2.24. The first-order valence-corrected chi connectivity index (χ1v) is 6.44. The van der Waals surface area contributed by atoms with Crippen molar-refractivity contribution in [2.45, 2.75) is 17.8 Å². The summed E-state index contributed by atoms with van der Waals surface area (Å²) in [6.45, 7) is 1.69. The van der Waals surface area contributed by atoms with Crippen molar-refractivity contribution < 1.29 is 14.3 Å². The number of carbonyl (C=O) groups is 1. The molecule has 1 saturated heterocycles. The Labute approximate surface area is 108 Å². The average molecular weight is 298 g/mol. The maximum Gasteiger partial charge on any atom is 0.231 e. The van der Waals surface area contributed by atoms with Gasteiger partial charge in [-0.1, -0.05) is 22.0 Å². The molecule has 0 aliphatic carbocycles. The molecule has 90 valence electrons. The molecule has 0 radical (unpaired) electrons. The van der Waals surface area contributed by atoms with E-state index in [1.54, 1.807) is 0 Å². The highest BCUT2D eigenvalue weighted by Crippen LogP contribution is 2.33. The molecule has 1 unspecified atom stereocenters. The van der Waals surface area contributed by atoms with Crippen molar-refractivity contribution in [3.8, 4) is 11.5 Å². The second-order valence-electron chi connectivity index (χ2n) is 4.26. The first-order valence-electron chi connectivity index (χ1n) is 5.53. The van der Waals surface area contributed by atoms with E-state index in [4.69, 9.17) is 9.47 Å². The van der Waals surface area contributed by atoms with E-state index in [9.17, 15) is 4.79 Å². The highest BCUT2D eigenvalue weighted by Gasteiger charge is 2.27. The van der Waals surface area contributed by atoms with Gasteiger partial charge in [0.1, 0.15) is 0 Å². The van der Waals surface area contributed by atoms with Crippen LogP contribution in [0.1, 0.15) is 12.0 Å². The topological polar surface area (TPSA) is 38.8 Å². The molecule has 1 amide bonds. The third kappa shape index (κ3) is 2.11. The van der Waals surface area contributed by atoms with Gasteiger partial charge in [0.05, 0.1) is 0 Å². The normalized spacial score (nSPS) is 22.3. The van der Waals surface area contributed by atoms with E-state index in [2.05, 4.69) is 15.9 Å². The van der Waals surface area contributed by atoms with Gasteiger partial charge in [-0.25, -0.2) is 0 Å². The van der Waals surface area contributed by atoms with Gasteiger partial charge in [-0.05, 0) is 17.7 Å². The molecule has 2 heterocycles. The number of ether oxygens (including phenoxy) is 2. The van der Waals surface area contributed by atoms with Crippen molar-refractivity contribution >= 4 is 21.8 Å². The third-order valence-corrected chi connectivity index (χ3v) is 3.59. The number of hydrogen-bond acceptors (Lipinski definition) is 3. The fourth-order valence-electron chi connectivity index (χ4n) is 2.14. The Morgan fingerprint density at radius 2 is 2.18 bits per heavy atom. The molecule has 0 spiro atoms. The van der Waals surface area contributed by atoms with Crippen LogP contribution in [0.5, 0.6) is 11.5 Å². The molecule has 1 fully saturated rings. The number of rotatable bonds is 2. The van der Waals surface area contributed by atoms with Crippen LogP contribution >= 0.6 is 15.9 Å². The third-order valence-electron chi connectivity index (χ3n) is 2.98. The zero-order valence-electron chi connectivity index (χ0n) is 9.19. The van der Waals surface area contributed by atoms with Crippen molar-refractivity contribution in [2.75, 3.05) is 13.3 Å². The maximum atomic E-state index is 11.7. The molecule has 17 heavy (non-hydrogen) atoms. The molecule has 3 rings (SSSR count). The molecule has 0 saturated carbocycles. The van der Waals surface area contributed by atoms with Crippen LogP contribution in [0.25, 0.3) is 0 Å². The molecule has 2 aliphatic heterocycles. The van der Waals surface area contributed by atoms with Crippen LogP contribution in [0.15, 0.2) is 18.2 Å². The molecular weight excluding hydrogens is 286 g/mol. The van der Waals surface area contributed by atoms with E-state index >= 15 is 0 Å². The summed E-state index contributed by atoms with van der Waals surface area (Å²) in [6, 6.07) is 5.81. The van der Waals surface area contributed by atoms with Crippen molar-refractivity contribution in [2.24, 2.45) is 0 Å². The minimum absolute atomic E-state index is 0.199. The molecule has 5 heteroatoms. The summed E-state index contributed by atoms with van der Waals surface area (Å²) in [7, 11) is 0. The van der Waals surface area contributed by atoms with Crippen LogP contribution in [0.4, 0.5) is 0 Å². The Morgan fingerprint density at radius 1 is 1.35 bits per heavy atom. The van der Waals surface area contributed by atoms with E-state index in [-0.39, 0.29) is 17.5 Å². The van der Waals surface area contributed by atoms with Gasteiger partial charge in [0.2, 0.25) is 12.7 Å². The second kappa shape index (κ2) is 4.22. The van der Waals surface area contributed by atoms with E-state index in [0.29, 0.717) is 13.0 Å². The molecule has 0 aromatic heterocycles. The van der Waals surface area contributed by atoms with E-state index in [1.807, 2.05) is 23.1 Å². The van der Waals surface area contributed by atoms with Crippen molar-refractivity contribution in [1.82, 2.24) is 4.90 Å². The van der Waals surface area contributed by atoms with Crippen molar-refractivity contribution in [1.29, 1.82) is 0 Å². The van der Waals surface area contributed by atoms with E-state index in [1.165, 1.54) is 0 Å². The Kier molecular flexibility index (Phi) is 2.70. The van der Waals surface area contributed by atoms with Crippen molar-refractivity contribution in [3.05, 3.63) is 23.8 Å². The Bertz CT molecular complexity index is 463. The lowest BCUT2D eigenvalue weighted by atomic mass is 10.2. The van der Waals surface area contributed by atoms with Crippen LogP contribution in [0.3, 0.4) is 0 Å². The van der Waals surface area contributed by atoms with Gasteiger partial charge in [-0.15, -0.1) is 0 Å². The smallest absolute Gasteiger partial charge is 0.231 e. The fraction of sp³-hybridized carbons (Fsp3) is 0.417. The number of fused-ring (bicyclic) bond motifs is 1. The van der Waals surface area contributed by atoms with Crippen LogP contribution in [0.2, 0.25) is 0 Å². The summed E-state index contributed by atoms with van der Waals surface area (Å²) in [6.07, 6.45) is 0.588. The Hall–Kier alpha value is -1.23. The number of amides is 1. The van der Waals surface area contributed by atoms with Crippen LogP contribution in [0, 0.1) is 0 Å². The lowest BCUT2D eigenvalue weighted by Gasteiger charge is -2.15. The summed E-state index contributed by atoms with van der Waals surface area (Å²) >= 11 is 3.47. The molecular formula is C12H12BrNO3. The Morgan fingerprint density at radius 3 is 2.94 bits per heavy atom. The predicted octanol–water partition coefficient (Wildman–Crippen LogP) is 1.91. The van der Waals surface area contributed by atoms with E-state index in [0.717, 1.165) is 23.6 Å². The first-order chi connectivity index (χ1) is 8.22. The number of carbonyl (C=O) groups excluding carboxylic acids is 1. The SMILES string of the molecule is O=C1CC(Br)CN1Cc1ccc2c(c1)OCO2. The first kappa shape index (κ1) is 10.9. The summed E-state index contributed by atoms with van der Waals surface area (Å²) in [5, 5.41) is 0. The predicted molar refractivity (Wildman–Crippen MR) is 65.3 cm³/mol. The number of nitrogens with zero attached hydrogens (tertiary/aromatic N) is 1. The highest BCUT2D eigenvalue weighted by molar-refractivity contribution is 9.09. The molecule has 0 bridgehead atoms. The Balaban J connectivity index is 1.75. The number of benzene rings is 1. The van der Waals surface area contributed by atoms with Gasteiger partial charge in [0.15, 0.2) is 11.5 Å². The quantitative estimate of drug-likeness (QED) is 0.783. The number of alkyl halides is 1. The monoisotopic (exact) mass is 297 g/mol. The molecule has 1 aromatic carbocycles. The summed E-state index contributed by atoms with van der Waals surface area (Å²) in [4.78, 5) is 13.8. The van der Waals surface area contributed by atoms with Gasteiger partial charge in [0.25, 0.3) is 0 Å². The van der Waals surface area contributed by atoms with Gasteiger partial charge < -0.3 is 14.4 Å². The fourth-order valence-corrected chi connectivity index (χ4v) is 2.76. The minimum atomic E-state index is 0.199. The van der Waals surface area contributed by atoms with Gasteiger partial charge in [-0.2, -0.15) is 0 Å². The lowest BCUT2D eigenvalue weighted by molar-refractivity contribution is -0.128. The van der Waals surface area contributed by atoms with Gasteiger partial charge >= 0.3 is 0 Å². The standard InChI is InChI=1S/C12H12BrNO3/c13-9-4-12(15)14(6-9)5-8-1-2-10-11(3-8)17-7-16-10/h1-3,9H,4-7H2. The zero-order chi connectivity index (χ0) is 11.8. The van der Waals surface area contributed by atoms with Crippen LogP contribution in [-0.4, -0.2) is 29.0 Å². The van der Waals surface area contributed by atoms with Gasteiger partial charge in [-0.3, -0.25) is 4.79 Å². The molecule has 4 nitrogen and oxygen atoms in total. The summed E-state index contributed by atoms with van der Waals surface area (Å²) in [5.41, 5.74) is 1.07. The van der Waals surface area contributed by atoms with Crippen molar-refractivity contribution in [3.63, 3.8) is 0 Å². The van der Waals surface area contributed by atoms with Crippen LogP contribution in [-0.2, 0) is 11.3 Å². The highest BCUT2D eigenvalue weighted by atomic mass is 79.9. The second-order valence-corrected chi connectivity index (χ2v) is 5.56. The molecule has 2 aliphatic rings. The average Bonchev–Trinajstić information content (AvgIpc) is 2.85. The number of likely N-dealkylation sites (tertiary alicyclic amines) is 1. The maximum absolute atomic E-state index is 11.7. The largest absolute Gasteiger partial charge is 0.454 e. The zero-order valence-corrected chi connectivity index (χ0v) is 10.8. The minimum Gasteiger partial charge on any atom is -0.454 e. The molecule has 1 atom stereocenters. The van der Waals surface area contributed by atoms with E-state index < -0.39 is 0 Å². The summed E-state index contributed by atoms with van der Waals surface area (Å²) in [5.74, 6) is 1.74. The number of halogens is 1. The molecule has 1 aromatic rings. The van der Waals surface area contributed by atoms with Crippen LogP contribution < -0.4 is 9.47 Å². The van der Waals surface area contributed by atoms with Gasteiger partial charge in [0, 0.05) is 24.3 Å². The molecule has 0 N–H and O–H groups in total.